The molecule has 170 valence electrons. The van der Waals surface area contributed by atoms with Crippen LogP contribution in [-0.2, 0) is 0 Å². The van der Waals surface area contributed by atoms with E-state index in [1.54, 1.807) is 30.3 Å². The van der Waals surface area contributed by atoms with E-state index in [-0.39, 0.29) is 11.8 Å². The number of nitrogens with one attached hydrogen (secondary N) is 1. The van der Waals surface area contributed by atoms with Gasteiger partial charge in [-0.15, -0.1) is 0 Å². The highest BCUT2D eigenvalue weighted by atomic mass is 35.5. The summed E-state index contributed by atoms with van der Waals surface area (Å²) in [5.74, 6) is -0.181. The SMILES string of the molecule is O=C(Nc1ccc(C(=O)N(C2CCCCC2)C2CCCCC2)cc1)c1ccc(Cl)cc1Cl. The van der Waals surface area contributed by atoms with Gasteiger partial charge in [0.1, 0.15) is 0 Å². The van der Waals surface area contributed by atoms with Crippen molar-refractivity contribution in [1.29, 1.82) is 0 Å². The Labute approximate surface area is 200 Å². The van der Waals surface area contributed by atoms with Crippen LogP contribution in [0.1, 0.15) is 84.9 Å². The Balaban J connectivity index is 1.48. The highest BCUT2D eigenvalue weighted by Crippen LogP contribution is 2.32. The molecule has 2 aliphatic carbocycles. The van der Waals surface area contributed by atoms with Crippen LogP contribution in [0, 0.1) is 0 Å². The van der Waals surface area contributed by atoms with Crippen LogP contribution in [0.15, 0.2) is 42.5 Å². The summed E-state index contributed by atoms with van der Waals surface area (Å²) in [7, 11) is 0. The molecular formula is C26H30Cl2N2O2. The lowest BCUT2D eigenvalue weighted by Crippen LogP contribution is -2.48. The van der Waals surface area contributed by atoms with Gasteiger partial charge >= 0.3 is 0 Å². The molecule has 4 nitrogen and oxygen atoms in total. The van der Waals surface area contributed by atoms with E-state index in [2.05, 4.69) is 10.2 Å². The van der Waals surface area contributed by atoms with E-state index < -0.39 is 0 Å². The summed E-state index contributed by atoms with van der Waals surface area (Å²) in [5.41, 5.74) is 1.67. The number of halogens is 2. The minimum Gasteiger partial charge on any atom is -0.333 e. The van der Waals surface area contributed by atoms with E-state index in [0.29, 0.717) is 38.9 Å². The molecular weight excluding hydrogens is 443 g/mol. The van der Waals surface area contributed by atoms with Gasteiger partial charge in [0.05, 0.1) is 10.6 Å². The van der Waals surface area contributed by atoms with E-state index in [1.807, 2.05) is 12.1 Å². The molecule has 0 heterocycles. The standard InChI is InChI=1S/C26H30Cl2N2O2/c27-19-13-16-23(24(28)17-19)25(31)29-20-14-11-18(12-15-20)26(32)30(21-7-3-1-4-8-21)22-9-5-2-6-10-22/h11-17,21-22H,1-10H2,(H,29,31). The summed E-state index contributed by atoms with van der Waals surface area (Å²) in [4.78, 5) is 28.4. The summed E-state index contributed by atoms with van der Waals surface area (Å²) >= 11 is 12.1. The number of carbonyl (C=O) groups is 2. The van der Waals surface area contributed by atoms with Crippen LogP contribution in [0.5, 0.6) is 0 Å². The average molecular weight is 473 g/mol. The fraction of sp³-hybridized carbons (Fsp3) is 0.462. The molecule has 0 aliphatic heterocycles. The lowest BCUT2D eigenvalue weighted by atomic mass is 9.88. The average Bonchev–Trinajstić information content (AvgIpc) is 2.81. The van der Waals surface area contributed by atoms with Crippen molar-refractivity contribution in [3.63, 3.8) is 0 Å². The van der Waals surface area contributed by atoms with Gasteiger partial charge in [-0.2, -0.15) is 0 Å². The van der Waals surface area contributed by atoms with Gasteiger partial charge in [-0.3, -0.25) is 9.59 Å². The van der Waals surface area contributed by atoms with Crippen molar-refractivity contribution in [1.82, 2.24) is 4.90 Å². The van der Waals surface area contributed by atoms with Crippen LogP contribution < -0.4 is 5.32 Å². The van der Waals surface area contributed by atoms with Gasteiger partial charge in [0.25, 0.3) is 11.8 Å². The lowest BCUT2D eigenvalue weighted by molar-refractivity contribution is 0.0448. The largest absolute Gasteiger partial charge is 0.333 e. The number of rotatable bonds is 5. The molecule has 0 bridgehead atoms. The fourth-order valence-electron chi connectivity index (χ4n) is 5.07. The molecule has 2 saturated carbocycles. The molecule has 1 N–H and O–H groups in total. The molecule has 2 aliphatic rings. The molecule has 2 aromatic rings. The Morgan fingerprint density at radius 2 is 1.34 bits per heavy atom. The molecule has 2 amide bonds. The van der Waals surface area contributed by atoms with Gasteiger partial charge in [-0.05, 0) is 68.1 Å². The summed E-state index contributed by atoms with van der Waals surface area (Å²) in [6.07, 6.45) is 11.8. The van der Waals surface area contributed by atoms with E-state index in [9.17, 15) is 9.59 Å². The van der Waals surface area contributed by atoms with Crippen LogP contribution >= 0.6 is 23.2 Å². The van der Waals surface area contributed by atoms with Crippen molar-refractivity contribution in [2.24, 2.45) is 0 Å². The van der Waals surface area contributed by atoms with Crippen LogP contribution in [0.4, 0.5) is 5.69 Å². The molecule has 6 heteroatoms. The van der Waals surface area contributed by atoms with E-state index in [0.717, 1.165) is 25.7 Å². The Morgan fingerprint density at radius 1 is 0.781 bits per heavy atom. The quantitative estimate of drug-likeness (QED) is 0.494. The van der Waals surface area contributed by atoms with Gasteiger partial charge in [-0.1, -0.05) is 61.7 Å². The first-order valence-corrected chi connectivity index (χ1v) is 12.5. The smallest absolute Gasteiger partial charge is 0.257 e. The predicted octanol–water partition coefficient (Wildman–Crippen LogP) is 7.35. The summed E-state index contributed by atoms with van der Waals surface area (Å²) < 4.78 is 0. The maximum atomic E-state index is 13.6. The minimum atomic E-state index is -0.309. The third kappa shape index (κ3) is 5.47. The van der Waals surface area contributed by atoms with Crippen LogP contribution in [0.3, 0.4) is 0 Å². The first-order chi connectivity index (χ1) is 15.5. The van der Waals surface area contributed by atoms with E-state index in [4.69, 9.17) is 23.2 Å². The molecule has 32 heavy (non-hydrogen) atoms. The van der Waals surface area contributed by atoms with Crippen LogP contribution in [-0.4, -0.2) is 28.8 Å². The Morgan fingerprint density at radius 3 is 1.88 bits per heavy atom. The molecule has 0 aromatic heterocycles. The summed E-state index contributed by atoms with van der Waals surface area (Å²) in [6, 6.07) is 12.7. The van der Waals surface area contributed by atoms with Gasteiger partial charge in [-0.25, -0.2) is 0 Å². The van der Waals surface area contributed by atoms with Gasteiger partial charge in [0.15, 0.2) is 0 Å². The third-order valence-corrected chi connectivity index (χ3v) is 7.28. The highest BCUT2D eigenvalue weighted by Gasteiger charge is 2.32. The van der Waals surface area contributed by atoms with Crippen molar-refractivity contribution >= 4 is 40.7 Å². The van der Waals surface area contributed by atoms with Crippen molar-refractivity contribution in [2.75, 3.05) is 5.32 Å². The zero-order valence-corrected chi connectivity index (χ0v) is 19.8. The van der Waals surface area contributed by atoms with E-state index >= 15 is 0 Å². The molecule has 0 radical (unpaired) electrons. The zero-order valence-electron chi connectivity index (χ0n) is 18.3. The van der Waals surface area contributed by atoms with Gasteiger partial charge in [0, 0.05) is 28.4 Å². The maximum Gasteiger partial charge on any atom is 0.257 e. The number of amides is 2. The molecule has 0 spiro atoms. The number of hydrogen-bond acceptors (Lipinski definition) is 2. The van der Waals surface area contributed by atoms with Crippen LogP contribution in [0.25, 0.3) is 0 Å². The molecule has 0 saturated heterocycles. The number of benzene rings is 2. The molecule has 0 unspecified atom stereocenters. The summed E-state index contributed by atoms with van der Waals surface area (Å²) in [6.45, 7) is 0. The monoisotopic (exact) mass is 472 g/mol. The molecule has 4 rings (SSSR count). The van der Waals surface area contributed by atoms with Crippen molar-refractivity contribution in [3.05, 3.63) is 63.6 Å². The predicted molar refractivity (Wildman–Crippen MR) is 131 cm³/mol. The zero-order chi connectivity index (χ0) is 22.5. The van der Waals surface area contributed by atoms with Crippen LogP contribution in [0.2, 0.25) is 10.0 Å². The Bertz CT molecular complexity index is 931. The number of hydrogen-bond donors (Lipinski definition) is 1. The molecule has 0 atom stereocenters. The normalized spacial score (nSPS) is 17.7. The number of nitrogens with zero attached hydrogens (tertiary/aromatic N) is 1. The van der Waals surface area contributed by atoms with E-state index in [1.165, 1.54) is 38.5 Å². The Kier molecular flexibility index (Phi) is 7.75. The Hall–Kier alpha value is -2.04. The third-order valence-electron chi connectivity index (χ3n) is 6.74. The van der Waals surface area contributed by atoms with Gasteiger partial charge in [0.2, 0.25) is 0 Å². The lowest BCUT2D eigenvalue weighted by Gasteiger charge is -2.42. The van der Waals surface area contributed by atoms with Crippen molar-refractivity contribution in [3.8, 4) is 0 Å². The van der Waals surface area contributed by atoms with Crippen molar-refractivity contribution < 1.29 is 9.59 Å². The number of anilines is 1. The summed E-state index contributed by atoms with van der Waals surface area (Å²) in [5, 5.41) is 3.63. The number of carbonyl (C=O) groups excluding carboxylic acids is 2. The second-order valence-corrected chi connectivity index (χ2v) is 9.80. The second-order valence-electron chi connectivity index (χ2n) is 8.95. The fourth-order valence-corrected chi connectivity index (χ4v) is 5.56. The first-order valence-electron chi connectivity index (χ1n) is 11.7. The first kappa shape index (κ1) is 23.1. The second kappa shape index (κ2) is 10.7. The highest BCUT2D eigenvalue weighted by molar-refractivity contribution is 6.37. The van der Waals surface area contributed by atoms with Crippen molar-refractivity contribution in [2.45, 2.75) is 76.3 Å². The minimum absolute atomic E-state index is 0.127. The van der Waals surface area contributed by atoms with Gasteiger partial charge < -0.3 is 10.2 Å². The maximum absolute atomic E-state index is 13.6. The molecule has 2 fully saturated rings. The molecule has 2 aromatic carbocycles. The topological polar surface area (TPSA) is 49.4 Å².